The Labute approximate surface area is 134 Å². The van der Waals surface area contributed by atoms with Gasteiger partial charge in [0.1, 0.15) is 11.3 Å². The second kappa shape index (κ2) is 5.57. The second-order valence-corrected chi connectivity index (χ2v) is 6.61. The fraction of sp³-hybridized carbons (Fsp3) is 0.278. The highest BCUT2D eigenvalue weighted by atomic mass is 19.1. The van der Waals surface area contributed by atoms with Crippen molar-refractivity contribution < 1.29 is 4.39 Å². The maximum atomic E-state index is 14.4. The Kier molecular flexibility index (Phi) is 3.72. The minimum Gasteiger partial charge on any atom is -0.340 e. The number of aryl methyl sites for hydroxylation is 1. The van der Waals surface area contributed by atoms with Gasteiger partial charge in [-0.15, -0.1) is 0 Å². The van der Waals surface area contributed by atoms with E-state index >= 15 is 0 Å². The van der Waals surface area contributed by atoms with E-state index < -0.39 is 0 Å². The predicted molar refractivity (Wildman–Crippen MR) is 90.5 cm³/mol. The molecule has 0 saturated heterocycles. The molecule has 0 aromatic carbocycles. The number of rotatable bonds is 2. The molecule has 0 unspecified atom stereocenters. The van der Waals surface area contributed by atoms with Crippen LogP contribution in [0.2, 0.25) is 0 Å². The van der Waals surface area contributed by atoms with Crippen LogP contribution in [0.4, 0.5) is 15.9 Å². The van der Waals surface area contributed by atoms with Crippen molar-refractivity contribution in [3.8, 4) is 0 Å². The first-order valence-electron chi connectivity index (χ1n) is 7.50. The van der Waals surface area contributed by atoms with Gasteiger partial charge in [0.15, 0.2) is 5.82 Å². The molecule has 0 amide bonds. The van der Waals surface area contributed by atoms with Crippen molar-refractivity contribution in [2.24, 2.45) is 0 Å². The number of pyridine rings is 3. The van der Waals surface area contributed by atoms with E-state index in [0.717, 1.165) is 17.1 Å². The predicted octanol–water partition coefficient (Wildman–Crippen LogP) is 4.51. The van der Waals surface area contributed by atoms with Gasteiger partial charge < -0.3 is 5.32 Å². The molecule has 0 radical (unpaired) electrons. The van der Waals surface area contributed by atoms with E-state index in [1.54, 1.807) is 6.20 Å². The van der Waals surface area contributed by atoms with Crippen LogP contribution in [0, 0.1) is 12.7 Å². The molecule has 118 valence electrons. The van der Waals surface area contributed by atoms with Crippen LogP contribution in [0.3, 0.4) is 0 Å². The molecule has 3 aromatic rings. The van der Waals surface area contributed by atoms with Crippen LogP contribution >= 0.6 is 0 Å². The lowest BCUT2D eigenvalue weighted by molar-refractivity contribution is 0.568. The third-order valence-corrected chi connectivity index (χ3v) is 3.54. The van der Waals surface area contributed by atoms with E-state index in [-0.39, 0.29) is 11.2 Å². The van der Waals surface area contributed by atoms with Crippen molar-refractivity contribution in [3.05, 3.63) is 53.7 Å². The molecule has 23 heavy (non-hydrogen) atoms. The highest BCUT2D eigenvalue weighted by Gasteiger charge is 2.17. The quantitative estimate of drug-likeness (QED) is 0.756. The van der Waals surface area contributed by atoms with Gasteiger partial charge in [0.05, 0.1) is 5.52 Å². The summed E-state index contributed by atoms with van der Waals surface area (Å²) in [6, 6.07) is 8.78. The minimum atomic E-state index is -0.380. The maximum Gasteiger partial charge on any atom is 0.154 e. The van der Waals surface area contributed by atoms with E-state index in [4.69, 9.17) is 0 Å². The smallest absolute Gasteiger partial charge is 0.154 e. The Bertz CT molecular complexity index is 869. The van der Waals surface area contributed by atoms with E-state index in [2.05, 4.69) is 20.3 Å². The number of fused-ring (bicyclic) bond motifs is 1. The van der Waals surface area contributed by atoms with Crippen LogP contribution < -0.4 is 5.32 Å². The molecule has 4 nitrogen and oxygen atoms in total. The topological polar surface area (TPSA) is 50.7 Å². The van der Waals surface area contributed by atoms with Crippen LogP contribution in [-0.2, 0) is 5.41 Å². The SMILES string of the molecule is Cc1cc(Nc2cc(F)c3nc(C(C)(C)C)ccc3n2)ccn1. The van der Waals surface area contributed by atoms with E-state index in [1.807, 2.05) is 52.0 Å². The fourth-order valence-corrected chi connectivity index (χ4v) is 2.32. The number of nitrogens with one attached hydrogen (secondary N) is 1. The molecule has 0 saturated carbocycles. The number of hydrogen-bond donors (Lipinski definition) is 1. The summed E-state index contributed by atoms with van der Waals surface area (Å²) in [5, 5.41) is 3.10. The van der Waals surface area contributed by atoms with Gasteiger partial charge in [0.25, 0.3) is 0 Å². The fourth-order valence-electron chi connectivity index (χ4n) is 2.32. The molecular formula is C18H19FN4. The maximum absolute atomic E-state index is 14.4. The van der Waals surface area contributed by atoms with E-state index in [1.165, 1.54) is 6.07 Å². The molecule has 3 rings (SSSR count). The lowest BCUT2D eigenvalue weighted by atomic mass is 9.91. The largest absolute Gasteiger partial charge is 0.340 e. The molecule has 0 aliphatic carbocycles. The first-order chi connectivity index (χ1) is 10.8. The van der Waals surface area contributed by atoms with Crippen LogP contribution in [0.1, 0.15) is 32.2 Å². The number of nitrogens with zero attached hydrogens (tertiary/aromatic N) is 3. The first-order valence-corrected chi connectivity index (χ1v) is 7.50. The Morgan fingerprint density at radius 2 is 1.83 bits per heavy atom. The second-order valence-electron chi connectivity index (χ2n) is 6.61. The summed E-state index contributed by atoms with van der Waals surface area (Å²) >= 11 is 0. The monoisotopic (exact) mass is 310 g/mol. The average molecular weight is 310 g/mol. The highest BCUT2D eigenvalue weighted by Crippen LogP contribution is 2.25. The Hall–Kier alpha value is -2.56. The summed E-state index contributed by atoms with van der Waals surface area (Å²) in [5.74, 6) is 0.0697. The molecule has 0 atom stereocenters. The molecule has 1 N–H and O–H groups in total. The summed E-state index contributed by atoms with van der Waals surface area (Å²) in [4.78, 5) is 13.0. The molecule has 0 fully saturated rings. The number of hydrogen-bond acceptors (Lipinski definition) is 4. The zero-order valence-corrected chi connectivity index (χ0v) is 13.7. The summed E-state index contributed by atoms with van der Waals surface area (Å²) < 4.78 is 14.4. The molecule has 0 aliphatic heterocycles. The summed E-state index contributed by atoms with van der Waals surface area (Å²) in [7, 11) is 0. The van der Waals surface area contributed by atoms with Crippen molar-refractivity contribution in [2.45, 2.75) is 33.1 Å². The molecule has 5 heteroatoms. The van der Waals surface area contributed by atoms with Gasteiger partial charge in [0, 0.05) is 34.8 Å². The van der Waals surface area contributed by atoms with Crippen molar-refractivity contribution in [2.75, 3.05) is 5.32 Å². The molecule has 0 spiro atoms. The van der Waals surface area contributed by atoms with E-state index in [0.29, 0.717) is 16.9 Å². The lowest BCUT2D eigenvalue weighted by Gasteiger charge is -2.18. The highest BCUT2D eigenvalue weighted by molar-refractivity contribution is 5.78. The number of halogens is 1. The van der Waals surface area contributed by atoms with Gasteiger partial charge in [0.2, 0.25) is 0 Å². The van der Waals surface area contributed by atoms with Gasteiger partial charge in [-0.1, -0.05) is 20.8 Å². The summed E-state index contributed by atoms with van der Waals surface area (Å²) in [6.07, 6.45) is 1.70. The van der Waals surface area contributed by atoms with Crippen molar-refractivity contribution in [3.63, 3.8) is 0 Å². The zero-order chi connectivity index (χ0) is 16.6. The van der Waals surface area contributed by atoms with Crippen LogP contribution in [0.25, 0.3) is 11.0 Å². The van der Waals surface area contributed by atoms with Crippen molar-refractivity contribution >= 4 is 22.5 Å². The molecule has 0 bridgehead atoms. The Morgan fingerprint density at radius 1 is 1.04 bits per heavy atom. The van der Waals surface area contributed by atoms with Gasteiger partial charge in [-0.2, -0.15) is 0 Å². The van der Waals surface area contributed by atoms with Crippen molar-refractivity contribution in [1.29, 1.82) is 0 Å². The third-order valence-electron chi connectivity index (χ3n) is 3.54. The summed E-state index contributed by atoms with van der Waals surface area (Å²) in [5.41, 5.74) is 3.25. The van der Waals surface area contributed by atoms with Gasteiger partial charge in [-0.3, -0.25) is 4.98 Å². The third kappa shape index (κ3) is 3.28. The number of aromatic nitrogens is 3. The normalized spacial score (nSPS) is 11.7. The van der Waals surface area contributed by atoms with Crippen LogP contribution in [0.5, 0.6) is 0 Å². The number of anilines is 2. The standard InChI is InChI=1S/C18H19FN4/c1-11-9-12(7-8-20-11)21-16-10-13(19)17-14(22-16)5-6-15(23-17)18(2,3)4/h5-10H,1-4H3,(H,20,21,22). The van der Waals surface area contributed by atoms with Crippen LogP contribution in [-0.4, -0.2) is 15.0 Å². The Morgan fingerprint density at radius 3 is 2.52 bits per heavy atom. The first kappa shape index (κ1) is 15.3. The van der Waals surface area contributed by atoms with Crippen LogP contribution in [0.15, 0.2) is 36.5 Å². The van der Waals surface area contributed by atoms with Gasteiger partial charge in [-0.25, -0.2) is 14.4 Å². The molecule has 3 heterocycles. The lowest BCUT2D eigenvalue weighted by Crippen LogP contribution is -2.13. The molecular weight excluding hydrogens is 291 g/mol. The molecule has 3 aromatic heterocycles. The average Bonchev–Trinajstić information content (AvgIpc) is 2.46. The Balaban J connectivity index is 2.01. The molecule has 0 aliphatic rings. The summed E-state index contributed by atoms with van der Waals surface area (Å²) in [6.45, 7) is 8.05. The minimum absolute atomic E-state index is 0.133. The van der Waals surface area contributed by atoms with E-state index in [9.17, 15) is 4.39 Å². The zero-order valence-electron chi connectivity index (χ0n) is 13.7. The van der Waals surface area contributed by atoms with Crippen molar-refractivity contribution in [1.82, 2.24) is 15.0 Å². The van der Waals surface area contributed by atoms with Gasteiger partial charge >= 0.3 is 0 Å². The van der Waals surface area contributed by atoms with Gasteiger partial charge in [-0.05, 0) is 31.2 Å².